The average molecular weight is 1160 g/mol. The minimum atomic E-state index is -1.74. The molecule has 0 radical (unpaired) electrons. The Balaban J connectivity index is 1.58. The monoisotopic (exact) mass is 1160 g/mol. The molecule has 4 aromatic rings. The summed E-state index contributed by atoms with van der Waals surface area (Å²) in [6.45, 7) is 1.44. The van der Waals surface area contributed by atoms with Crippen molar-refractivity contribution in [2.45, 2.75) is 107 Å². The number of ether oxygens (including phenoxy) is 1. The van der Waals surface area contributed by atoms with Crippen molar-refractivity contribution in [3.05, 3.63) is 130 Å². The summed E-state index contributed by atoms with van der Waals surface area (Å²) < 4.78 is 5.34. The van der Waals surface area contributed by atoms with Crippen molar-refractivity contribution in [3.8, 4) is 11.5 Å². The zero-order chi connectivity index (χ0) is 58.5. The number of unbranched alkanes of at least 4 members (excludes halogenated alkanes) is 1. The second-order valence-corrected chi connectivity index (χ2v) is 22.3. The summed E-state index contributed by atoms with van der Waals surface area (Å²) in [7, 11) is 3.48. The van der Waals surface area contributed by atoms with Crippen LogP contribution >= 0.6 is 33.2 Å². The van der Waals surface area contributed by atoms with Crippen molar-refractivity contribution in [2.24, 2.45) is 28.9 Å². The molecule has 5 rings (SSSR count). The van der Waals surface area contributed by atoms with Crippen LogP contribution in [0.1, 0.15) is 65.2 Å². The normalized spacial score (nSPS) is 21.0. The second kappa shape index (κ2) is 31.5. The summed E-state index contributed by atoms with van der Waals surface area (Å²) >= 11 is 6.09. The van der Waals surface area contributed by atoms with Gasteiger partial charge in [-0.05, 0) is 116 Å². The first kappa shape index (κ1) is 63.6. The fraction of sp³-hybridized carbons (Fsp3) is 0.400. The number of halogens is 1. The van der Waals surface area contributed by atoms with Gasteiger partial charge >= 0.3 is 0 Å². The average Bonchev–Trinajstić information content (AvgIpc) is 3.42. The Kier molecular flexibility index (Phi) is 25.1. The molecule has 0 aliphatic carbocycles. The number of methoxy groups -OCH3 is 1. The number of rotatable bonds is 20. The Labute approximate surface area is 476 Å². The lowest BCUT2D eigenvalue weighted by molar-refractivity contribution is -0.137. The molecule has 1 aliphatic rings. The molecule has 1 aliphatic heterocycles. The maximum atomic E-state index is 14.9. The van der Waals surface area contributed by atoms with Crippen molar-refractivity contribution < 1.29 is 58.1 Å². The van der Waals surface area contributed by atoms with Crippen LogP contribution in [0.25, 0.3) is 0 Å². The zero-order valence-electron chi connectivity index (χ0n) is 44.2. The van der Waals surface area contributed by atoms with E-state index in [1.54, 1.807) is 48.5 Å². The molecule has 1 unspecified atom stereocenters. The molecule has 0 bridgehead atoms. The Morgan fingerprint density at radius 1 is 0.725 bits per heavy atom. The molecular weight excluding hydrogens is 1090 g/mol. The standard InChI is InChI=1S/C55H69ClN10O12S2/c1-30(67)47-55(77)65-45(54(76)62-42(49(60)71)25-34-10-18-38(68)19-11-34)29-80-79-28-44(64-51(73)40(58)24-32-8-16-37(56)17-9-32)46(69)27-36(23-31-12-20-39(78-2)21-13-31)50(72)63-43(26-33-6-14-35(15-7-33)48(59)70)53(75)61-41(52(74)66-47)5-3-4-22-57/h6-21,30,36,40-45,47,67-68H,3-5,22-29,57-58H2,1-2H3,(H2,59,70)(H2,60,71)(H,61,75)(H,62,76)(H,63,72)(H,64,73)(H,65,77)(H,66,74)/t30-,36-,40+,41+,42?,43-,44-,45+,47+/m1/s1. The number of Topliss-reactive ketones (excluding diaryl/α,β-unsaturated/α-hetero) is 1. The van der Waals surface area contributed by atoms with E-state index in [-0.39, 0.29) is 61.5 Å². The predicted octanol–water partition coefficient (Wildman–Crippen LogP) is 0.625. The van der Waals surface area contributed by atoms with Gasteiger partial charge in [-0.1, -0.05) is 81.7 Å². The summed E-state index contributed by atoms with van der Waals surface area (Å²) in [5, 5.41) is 37.2. The zero-order valence-corrected chi connectivity index (χ0v) is 46.6. The van der Waals surface area contributed by atoms with E-state index in [1.165, 1.54) is 62.6 Å². The molecule has 9 atom stereocenters. The lowest BCUT2D eigenvalue weighted by Crippen LogP contribution is -2.62. The highest BCUT2D eigenvalue weighted by molar-refractivity contribution is 8.76. The Morgan fingerprint density at radius 3 is 1.91 bits per heavy atom. The van der Waals surface area contributed by atoms with Gasteiger partial charge in [0.25, 0.3) is 0 Å². The van der Waals surface area contributed by atoms with Crippen LogP contribution in [0.3, 0.4) is 0 Å². The predicted molar refractivity (Wildman–Crippen MR) is 304 cm³/mol. The number of aliphatic hydroxyl groups is 1. The van der Waals surface area contributed by atoms with Crippen molar-refractivity contribution in [1.82, 2.24) is 31.9 Å². The quantitative estimate of drug-likeness (QED) is 0.0426. The van der Waals surface area contributed by atoms with Gasteiger partial charge in [-0.3, -0.25) is 43.2 Å². The molecule has 80 heavy (non-hydrogen) atoms. The number of nitrogens with two attached hydrogens (primary N) is 4. The summed E-state index contributed by atoms with van der Waals surface area (Å²) in [5.41, 5.74) is 25.9. The molecule has 0 aromatic heterocycles. The first-order valence-electron chi connectivity index (χ1n) is 25.7. The van der Waals surface area contributed by atoms with E-state index in [1.807, 2.05) is 0 Å². The van der Waals surface area contributed by atoms with Crippen LogP contribution in [0.4, 0.5) is 0 Å². The number of aromatic hydroxyl groups is 1. The van der Waals surface area contributed by atoms with Crippen LogP contribution < -0.4 is 59.6 Å². The molecule has 430 valence electrons. The molecule has 8 amide bonds. The van der Waals surface area contributed by atoms with Crippen LogP contribution in [-0.4, -0.2) is 137 Å². The minimum Gasteiger partial charge on any atom is -0.508 e. The van der Waals surface area contributed by atoms with E-state index in [0.717, 1.165) is 21.6 Å². The van der Waals surface area contributed by atoms with E-state index in [4.69, 9.17) is 39.3 Å². The smallest absolute Gasteiger partial charge is 0.248 e. The number of aliphatic hydroxyl groups excluding tert-OH is 1. The number of hydrogen-bond donors (Lipinski definition) is 12. The van der Waals surface area contributed by atoms with Crippen molar-refractivity contribution in [2.75, 3.05) is 25.2 Å². The summed E-state index contributed by atoms with van der Waals surface area (Å²) in [6, 6.07) is 15.2. The third kappa shape index (κ3) is 20.2. The third-order valence-corrected chi connectivity index (χ3v) is 15.7. The number of hydrogen-bond acceptors (Lipinski definition) is 16. The highest BCUT2D eigenvalue weighted by atomic mass is 35.5. The van der Waals surface area contributed by atoms with Gasteiger partial charge in [-0.2, -0.15) is 0 Å². The maximum absolute atomic E-state index is 14.9. The van der Waals surface area contributed by atoms with E-state index >= 15 is 0 Å². The van der Waals surface area contributed by atoms with Gasteiger partial charge in [0.15, 0.2) is 5.78 Å². The highest BCUT2D eigenvalue weighted by Gasteiger charge is 2.37. The molecule has 0 saturated carbocycles. The highest BCUT2D eigenvalue weighted by Crippen LogP contribution is 2.26. The number of ketones is 1. The molecule has 25 heteroatoms. The molecule has 1 saturated heterocycles. The molecule has 1 fully saturated rings. The lowest BCUT2D eigenvalue weighted by Gasteiger charge is -2.29. The van der Waals surface area contributed by atoms with Gasteiger partial charge in [-0.15, -0.1) is 0 Å². The number of benzene rings is 4. The van der Waals surface area contributed by atoms with E-state index in [9.17, 15) is 53.4 Å². The van der Waals surface area contributed by atoms with Crippen LogP contribution in [0.15, 0.2) is 97.1 Å². The third-order valence-electron chi connectivity index (χ3n) is 13.0. The molecular formula is C55H69ClN10O12S2. The summed E-state index contributed by atoms with van der Waals surface area (Å²) in [4.78, 5) is 126. The first-order chi connectivity index (χ1) is 38.1. The Bertz CT molecular complexity index is 2780. The Hall–Kier alpha value is -7.22. The summed E-state index contributed by atoms with van der Waals surface area (Å²) in [5.74, 6) is -8.65. The van der Waals surface area contributed by atoms with Crippen LogP contribution in [-0.2, 0) is 64.0 Å². The largest absolute Gasteiger partial charge is 0.508 e. The van der Waals surface area contributed by atoms with E-state index in [0.29, 0.717) is 45.9 Å². The Morgan fingerprint density at radius 2 is 1.30 bits per heavy atom. The van der Waals surface area contributed by atoms with Crippen molar-refractivity contribution in [3.63, 3.8) is 0 Å². The topological polar surface area (TPSA) is 380 Å². The number of carbonyl (C=O) groups is 9. The fourth-order valence-electron chi connectivity index (χ4n) is 8.42. The first-order valence-corrected chi connectivity index (χ1v) is 28.6. The number of nitrogens with one attached hydrogen (secondary N) is 6. The molecule has 16 N–H and O–H groups in total. The second-order valence-electron chi connectivity index (χ2n) is 19.3. The number of phenolic OH excluding ortho intramolecular Hbond substituents is 1. The van der Waals surface area contributed by atoms with Crippen LogP contribution in [0, 0.1) is 5.92 Å². The number of phenols is 1. The minimum absolute atomic E-state index is 0.0314. The summed E-state index contributed by atoms with van der Waals surface area (Å²) in [6.07, 6.45) is -1.74. The van der Waals surface area contributed by atoms with Gasteiger partial charge in [0.1, 0.15) is 41.7 Å². The molecule has 22 nitrogen and oxygen atoms in total. The molecule has 1 heterocycles. The van der Waals surface area contributed by atoms with Crippen molar-refractivity contribution >= 4 is 86.2 Å². The number of primary amides is 2. The number of carbonyl (C=O) groups excluding carboxylic acids is 9. The van der Waals surface area contributed by atoms with Gasteiger partial charge < -0.3 is 69.8 Å². The van der Waals surface area contributed by atoms with Crippen LogP contribution in [0.5, 0.6) is 11.5 Å². The number of amides is 8. The van der Waals surface area contributed by atoms with Crippen molar-refractivity contribution in [1.29, 1.82) is 0 Å². The van der Waals surface area contributed by atoms with Gasteiger partial charge in [0, 0.05) is 47.3 Å². The van der Waals surface area contributed by atoms with Gasteiger partial charge in [0.05, 0.1) is 25.3 Å². The van der Waals surface area contributed by atoms with Gasteiger partial charge in [-0.25, -0.2) is 0 Å². The fourth-order valence-corrected chi connectivity index (χ4v) is 10.9. The van der Waals surface area contributed by atoms with E-state index in [2.05, 4.69) is 31.9 Å². The van der Waals surface area contributed by atoms with Gasteiger partial charge in [0.2, 0.25) is 47.3 Å². The molecule has 0 spiro atoms. The lowest BCUT2D eigenvalue weighted by atomic mass is 9.90. The van der Waals surface area contributed by atoms with E-state index < -0.39 is 114 Å². The molecule has 4 aromatic carbocycles. The van der Waals surface area contributed by atoms with Crippen LogP contribution in [0.2, 0.25) is 5.02 Å². The SMILES string of the molecule is COc1ccc(C[C@@H]2CC(=O)[C@H](NC(=O)[C@@H](N)Cc3ccc(Cl)cc3)CSSC[C@@H](C(=O)NC(Cc3ccc(O)cc3)C(N)=O)NC(=O)[C@H]([C@@H](C)O)NC(=O)[C@H](CCCCN)NC(=O)[C@@H](Cc3ccc(C(N)=O)cc3)NC2=O)cc1. The maximum Gasteiger partial charge on any atom is 0.248 e.